The van der Waals surface area contributed by atoms with Gasteiger partial charge in [-0.15, -0.1) is 69.6 Å². The van der Waals surface area contributed by atoms with Crippen LogP contribution in [-0.4, -0.2) is 14.5 Å². The van der Waals surface area contributed by atoms with Gasteiger partial charge >= 0.3 is 0 Å². The Morgan fingerprint density at radius 2 is 1.20 bits per heavy atom. The molecule has 0 aliphatic rings. The molecule has 0 radical (unpaired) electrons. The summed E-state index contributed by atoms with van der Waals surface area (Å²) in [6, 6.07) is 0. The third-order valence-corrected chi connectivity index (χ3v) is 4.87. The van der Waals surface area contributed by atoms with Gasteiger partial charge in [0.25, 0.3) is 0 Å². The van der Waals surface area contributed by atoms with Crippen molar-refractivity contribution in [3.63, 3.8) is 0 Å². The minimum atomic E-state index is -0.857. The van der Waals surface area contributed by atoms with Crippen LogP contribution in [0.3, 0.4) is 0 Å². The van der Waals surface area contributed by atoms with Crippen molar-refractivity contribution in [3.8, 4) is 0 Å². The van der Waals surface area contributed by atoms with Crippen LogP contribution in [0.2, 0.25) is 0 Å². The van der Waals surface area contributed by atoms with Crippen molar-refractivity contribution < 1.29 is 0 Å². The Morgan fingerprint density at radius 1 is 0.800 bits per heavy atom. The Kier molecular flexibility index (Phi) is 8.87. The first-order valence-electron chi connectivity index (χ1n) is 4.74. The summed E-state index contributed by atoms with van der Waals surface area (Å²) in [6.07, 6.45) is 3.64. The zero-order chi connectivity index (χ0) is 12.1. The van der Waals surface area contributed by atoms with Crippen LogP contribution in [0.15, 0.2) is 0 Å². The summed E-state index contributed by atoms with van der Waals surface area (Å²) in [4.78, 5) is -2.35. The predicted molar refractivity (Wildman–Crippen MR) is 73.1 cm³/mol. The van der Waals surface area contributed by atoms with Crippen LogP contribution in [0.25, 0.3) is 0 Å². The van der Waals surface area contributed by atoms with E-state index in [4.69, 9.17) is 69.6 Å². The summed E-state index contributed by atoms with van der Waals surface area (Å²) in [5.74, 6) is 0. The van der Waals surface area contributed by atoms with Crippen molar-refractivity contribution in [3.05, 3.63) is 0 Å². The number of halogens is 6. The van der Waals surface area contributed by atoms with Crippen molar-refractivity contribution >= 4 is 69.6 Å². The predicted octanol–water partition coefficient (Wildman–Crippen LogP) is 5.96. The minimum Gasteiger partial charge on any atom is -0.105 e. The number of unbranched alkanes of at least 4 members (excludes halogenated alkanes) is 2. The van der Waals surface area contributed by atoms with Crippen LogP contribution in [0, 0.1) is 5.41 Å². The van der Waals surface area contributed by atoms with Gasteiger partial charge in [-0.25, -0.2) is 0 Å². The molecule has 0 aromatic carbocycles. The molecule has 0 spiro atoms. The standard InChI is InChI=1S/C9H14Cl6/c1-2-3-4-5-9(6(10)11,7(12)13)8(14)15/h6-8H,2-5H2,1H3. The maximum Gasteiger partial charge on any atom is 0.118 e. The molecule has 0 unspecified atom stereocenters. The van der Waals surface area contributed by atoms with Crippen LogP contribution in [0.1, 0.15) is 32.6 Å². The van der Waals surface area contributed by atoms with Crippen molar-refractivity contribution in [2.24, 2.45) is 5.41 Å². The van der Waals surface area contributed by atoms with Crippen LogP contribution in [0.5, 0.6) is 0 Å². The van der Waals surface area contributed by atoms with E-state index in [0.29, 0.717) is 6.42 Å². The molecule has 0 aliphatic carbocycles. The quantitative estimate of drug-likeness (QED) is 0.398. The van der Waals surface area contributed by atoms with E-state index < -0.39 is 19.9 Å². The highest BCUT2D eigenvalue weighted by Gasteiger charge is 2.47. The molecule has 0 rings (SSSR count). The Hall–Kier alpha value is 1.74. The van der Waals surface area contributed by atoms with Crippen LogP contribution in [-0.2, 0) is 0 Å². The fraction of sp³-hybridized carbons (Fsp3) is 1.00. The largest absolute Gasteiger partial charge is 0.118 e. The third kappa shape index (κ3) is 4.48. The van der Waals surface area contributed by atoms with Crippen molar-refractivity contribution in [2.45, 2.75) is 47.1 Å². The van der Waals surface area contributed by atoms with Gasteiger partial charge in [-0.05, 0) is 6.42 Å². The lowest BCUT2D eigenvalue weighted by atomic mass is 9.87. The fourth-order valence-corrected chi connectivity index (χ4v) is 4.23. The van der Waals surface area contributed by atoms with E-state index in [1.807, 2.05) is 0 Å². The molecule has 0 heterocycles. The smallest absolute Gasteiger partial charge is 0.105 e. The molecule has 15 heavy (non-hydrogen) atoms. The van der Waals surface area contributed by atoms with Gasteiger partial charge in [0.2, 0.25) is 0 Å². The first kappa shape index (κ1) is 16.7. The summed E-state index contributed by atoms with van der Waals surface area (Å²) in [5, 5.41) is 0. The Labute approximate surface area is 121 Å². The average molecular weight is 335 g/mol. The van der Waals surface area contributed by atoms with Gasteiger partial charge in [-0.3, -0.25) is 0 Å². The monoisotopic (exact) mass is 332 g/mol. The van der Waals surface area contributed by atoms with Gasteiger partial charge in [0.15, 0.2) is 0 Å². The highest BCUT2D eigenvalue weighted by molar-refractivity contribution is 6.53. The first-order valence-corrected chi connectivity index (χ1v) is 7.35. The lowest BCUT2D eigenvalue weighted by molar-refractivity contribution is 0.322. The minimum absolute atomic E-state index is 0.619. The van der Waals surface area contributed by atoms with Gasteiger partial charge < -0.3 is 0 Å². The lowest BCUT2D eigenvalue weighted by Crippen LogP contribution is -2.41. The maximum absolute atomic E-state index is 5.90. The van der Waals surface area contributed by atoms with Gasteiger partial charge in [-0.1, -0.05) is 26.2 Å². The molecule has 0 aromatic heterocycles. The molecule has 0 N–H and O–H groups in total. The second kappa shape index (κ2) is 7.95. The van der Waals surface area contributed by atoms with Gasteiger partial charge in [-0.2, -0.15) is 0 Å². The number of hydrogen-bond acceptors (Lipinski definition) is 0. The highest BCUT2D eigenvalue weighted by Crippen LogP contribution is 2.49. The first-order chi connectivity index (χ1) is 6.89. The van der Waals surface area contributed by atoms with Gasteiger partial charge in [0.1, 0.15) is 14.5 Å². The lowest BCUT2D eigenvalue weighted by Gasteiger charge is -2.37. The fourth-order valence-electron chi connectivity index (χ4n) is 1.29. The Balaban J connectivity index is 4.65. The van der Waals surface area contributed by atoms with Gasteiger partial charge in [0.05, 0.1) is 5.41 Å². The van der Waals surface area contributed by atoms with Crippen molar-refractivity contribution in [2.75, 3.05) is 0 Å². The molecule has 0 atom stereocenters. The highest BCUT2D eigenvalue weighted by atomic mass is 35.5. The topological polar surface area (TPSA) is 0 Å². The Bertz CT molecular complexity index is 146. The molecule has 0 saturated heterocycles. The van der Waals surface area contributed by atoms with E-state index in [0.717, 1.165) is 19.3 Å². The number of hydrogen-bond donors (Lipinski definition) is 0. The third-order valence-electron chi connectivity index (χ3n) is 2.43. The molecule has 92 valence electrons. The van der Waals surface area contributed by atoms with E-state index in [1.54, 1.807) is 0 Å². The summed E-state index contributed by atoms with van der Waals surface area (Å²) < 4.78 is 0. The summed E-state index contributed by atoms with van der Waals surface area (Å²) >= 11 is 35.4. The second-order valence-electron chi connectivity index (χ2n) is 3.47. The molecule has 0 aromatic rings. The molecule has 0 aliphatic heterocycles. The SMILES string of the molecule is CCCCCC(C(Cl)Cl)(C(Cl)Cl)C(Cl)Cl. The molecule has 0 bridgehead atoms. The van der Waals surface area contributed by atoms with Crippen molar-refractivity contribution in [1.29, 1.82) is 0 Å². The van der Waals surface area contributed by atoms with Crippen LogP contribution in [0.4, 0.5) is 0 Å². The van der Waals surface area contributed by atoms with E-state index in [9.17, 15) is 0 Å². The molecule has 0 amide bonds. The summed E-state index contributed by atoms with van der Waals surface area (Å²) in [6.45, 7) is 2.10. The molecular weight excluding hydrogens is 321 g/mol. The van der Waals surface area contributed by atoms with E-state index in [1.165, 1.54) is 0 Å². The normalized spacial score (nSPS) is 13.2. The zero-order valence-corrected chi connectivity index (χ0v) is 12.9. The molecule has 0 fully saturated rings. The average Bonchev–Trinajstić information content (AvgIpc) is 2.10. The molecule has 0 nitrogen and oxygen atoms in total. The zero-order valence-electron chi connectivity index (χ0n) is 8.33. The Morgan fingerprint density at radius 3 is 1.47 bits per heavy atom. The van der Waals surface area contributed by atoms with Crippen LogP contribution >= 0.6 is 69.6 Å². The number of rotatable bonds is 7. The summed E-state index contributed by atoms with van der Waals surface area (Å²) in [5.41, 5.74) is -0.857. The number of alkyl halides is 6. The molecule has 0 saturated carbocycles. The molecular formula is C9H14Cl6. The van der Waals surface area contributed by atoms with E-state index in [-0.39, 0.29) is 0 Å². The van der Waals surface area contributed by atoms with E-state index in [2.05, 4.69) is 6.92 Å². The summed E-state index contributed by atoms with van der Waals surface area (Å²) in [7, 11) is 0. The maximum atomic E-state index is 5.90. The van der Waals surface area contributed by atoms with Crippen LogP contribution < -0.4 is 0 Å². The molecule has 6 heteroatoms. The van der Waals surface area contributed by atoms with Gasteiger partial charge in [0, 0.05) is 0 Å². The van der Waals surface area contributed by atoms with Crippen molar-refractivity contribution in [1.82, 2.24) is 0 Å². The van der Waals surface area contributed by atoms with E-state index >= 15 is 0 Å². The second-order valence-corrected chi connectivity index (χ2v) is 6.76.